The van der Waals surface area contributed by atoms with Gasteiger partial charge in [0.25, 0.3) is 0 Å². The summed E-state index contributed by atoms with van der Waals surface area (Å²) < 4.78 is 5.54. The van der Waals surface area contributed by atoms with Gasteiger partial charge in [0.1, 0.15) is 0 Å². The first-order valence-electron chi connectivity index (χ1n) is 9.27. The summed E-state index contributed by atoms with van der Waals surface area (Å²) in [6.07, 6.45) is 9.46. The van der Waals surface area contributed by atoms with Crippen molar-refractivity contribution in [3.8, 4) is 0 Å². The molecule has 1 N–H and O–H groups in total. The van der Waals surface area contributed by atoms with Crippen molar-refractivity contribution in [2.45, 2.75) is 77.3 Å². The zero-order chi connectivity index (χ0) is 15.1. The van der Waals surface area contributed by atoms with Crippen LogP contribution in [0.2, 0.25) is 0 Å². The molecule has 2 unspecified atom stereocenters. The lowest BCUT2D eigenvalue weighted by Crippen LogP contribution is -2.66. The molecule has 3 nitrogen and oxygen atoms in total. The van der Waals surface area contributed by atoms with E-state index in [1.165, 1.54) is 64.6 Å². The summed E-state index contributed by atoms with van der Waals surface area (Å²) in [5.74, 6) is 0.783. The monoisotopic (exact) mass is 296 g/mol. The molecule has 1 heterocycles. The fourth-order valence-corrected chi connectivity index (χ4v) is 4.17. The van der Waals surface area contributed by atoms with Crippen molar-refractivity contribution in [1.82, 2.24) is 10.2 Å². The quantitative estimate of drug-likeness (QED) is 0.728. The van der Waals surface area contributed by atoms with Gasteiger partial charge < -0.3 is 10.1 Å². The molecular weight excluding hydrogens is 260 g/mol. The Kier molecular flexibility index (Phi) is 6.97. The summed E-state index contributed by atoms with van der Waals surface area (Å²) in [5.41, 5.74) is 0.424. The smallest absolute Gasteiger partial charge is 0.0478 e. The van der Waals surface area contributed by atoms with Gasteiger partial charge in [-0.25, -0.2) is 0 Å². The lowest BCUT2D eigenvalue weighted by Gasteiger charge is -2.51. The highest BCUT2D eigenvalue weighted by Crippen LogP contribution is 2.33. The largest absolute Gasteiger partial charge is 0.382 e. The van der Waals surface area contributed by atoms with Crippen molar-refractivity contribution in [2.75, 3.05) is 32.8 Å². The normalized spacial score (nSPS) is 27.9. The van der Waals surface area contributed by atoms with Crippen molar-refractivity contribution in [3.63, 3.8) is 0 Å². The maximum absolute atomic E-state index is 5.54. The van der Waals surface area contributed by atoms with Crippen molar-refractivity contribution in [2.24, 2.45) is 5.92 Å². The van der Waals surface area contributed by atoms with Gasteiger partial charge in [0, 0.05) is 44.4 Å². The SMILES string of the molecule is CCOCCCN1CC2(CCCCC2)NCC1C(C)CC. The first kappa shape index (κ1) is 17.2. The molecule has 0 aromatic rings. The minimum atomic E-state index is 0.424. The molecule has 0 radical (unpaired) electrons. The Morgan fingerprint density at radius 3 is 2.67 bits per heavy atom. The Hall–Kier alpha value is -0.120. The summed E-state index contributed by atoms with van der Waals surface area (Å²) >= 11 is 0. The van der Waals surface area contributed by atoms with E-state index in [1.807, 2.05) is 0 Å². The molecule has 2 fully saturated rings. The number of ether oxygens (including phenoxy) is 1. The van der Waals surface area contributed by atoms with Gasteiger partial charge in [-0.2, -0.15) is 0 Å². The molecular formula is C18H36N2O. The number of hydrogen-bond donors (Lipinski definition) is 1. The number of hydrogen-bond acceptors (Lipinski definition) is 3. The Morgan fingerprint density at radius 2 is 2.00 bits per heavy atom. The van der Waals surface area contributed by atoms with Crippen LogP contribution < -0.4 is 5.32 Å². The second-order valence-corrected chi connectivity index (χ2v) is 7.20. The van der Waals surface area contributed by atoms with E-state index in [-0.39, 0.29) is 0 Å². The van der Waals surface area contributed by atoms with Gasteiger partial charge in [0.2, 0.25) is 0 Å². The van der Waals surface area contributed by atoms with Gasteiger partial charge in [-0.1, -0.05) is 39.5 Å². The van der Waals surface area contributed by atoms with Crippen LogP contribution in [0.25, 0.3) is 0 Å². The molecule has 1 aliphatic heterocycles. The summed E-state index contributed by atoms with van der Waals surface area (Å²) in [5, 5.41) is 3.96. The summed E-state index contributed by atoms with van der Waals surface area (Å²) in [6.45, 7) is 12.2. The minimum Gasteiger partial charge on any atom is -0.382 e. The average Bonchev–Trinajstić information content (AvgIpc) is 2.52. The van der Waals surface area contributed by atoms with E-state index < -0.39 is 0 Å². The summed E-state index contributed by atoms with van der Waals surface area (Å²) in [6, 6.07) is 0.712. The van der Waals surface area contributed by atoms with Crippen LogP contribution >= 0.6 is 0 Å². The van der Waals surface area contributed by atoms with Crippen molar-refractivity contribution in [1.29, 1.82) is 0 Å². The minimum absolute atomic E-state index is 0.424. The maximum atomic E-state index is 5.54. The van der Waals surface area contributed by atoms with Crippen LogP contribution in [0.5, 0.6) is 0 Å². The molecule has 1 saturated heterocycles. The highest BCUT2D eigenvalue weighted by molar-refractivity contribution is 5.00. The molecule has 1 saturated carbocycles. The second kappa shape index (κ2) is 8.50. The van der Waals surface area contributed by atoms with Crippen LogP contribution in [0.1, 0.15) is 65.7 Å². The van der Waals surface area contributed by atoms with Crippen LogP contribution in [0.15, 0.2) is 0 Å². The average molecular weight is 296 g/mol. The second-order valence-electron chi connectivity index (χ2n) is 7.20. The molecule has 0 aromatic carbocycles. The third kappa shape index (κ3) is 4.67. The zero-order valence-electron chi connectivity index (χ0n) is 14.5. The van der Waals surface area contributed by atoms with Crippen molar-refractivity contribution in [3.05, 3.63) is 0 Å². The molecule has 3 heteroatoms. The van der Waals surface area contributed by atoms with E-state index in [1.54, 1.807) is 0 Å². The summed E-state index contributed by atoms with van der Waals surface area (Å²) in [4.78, 5) is 2.79. The standard InChI is InChI=1S/C18H36N2O/c1-4-16(3)17-14-19-18(10-7-6-8-11-18)15-20(17)12-9-13-21-5-2/h16-17,19H,4-15H2,1-3H3. The van der Waals surface area contributed by atoms with E-state index in [9.17, 15) is 0 Å². The molecule has 0 bridgehead atoms. The van der Waals surface area contributed by atoms with Gasteiger partial charge >= 0.3 is 0 Å². The van der Waals surface area contributed by atoms with Gasteiger partial charge in [-0.15, -0.1) is 0 Å². The first-order chi connectivity index (χ1) is 10.2. The fourth-order valence-electron chi connectivity index (χ4n) is 4.17. The maximum Gasteiger partial charge on any atom is 0.0478 e. The van der Waals surface area contributed by atoms with E-state index in [4.69, 9.17) is 4.74 Å². The van der Waals surface area contributed by atoms with Crippen molar-refractivity contribution < 1.29 is 4.74 Å². The van der Waals surface area contributed by atoms with Crippen LogP contribution in [0.3, 0.4) is 0 Å². The molecule has 2 rings (SSSR count). The Bertz CT molecular complexity index is 289. The molecule has 21 heavy (non-hydrogen) atoms. The van der Waals surface area contributed by atoms with E-state index >= 15 is 0 Å². The summed E-state index contributed by atoms with van der Waals surface area (Å²) in [7, 11) is 0. The highest BCUT2D eigenvalue weighted by atomic mass is 16.5. The molecule has 2 atom stereocenters. The molecule has 1 spiro atoms. The van der Waals surface area contributed by atoms with E-state index in [2.05, 4.69) is 31.0 Å². The Labute approximate surface area is 131 Å². The van der Waals surface area contributed by atoms with Gasteiger partial charge in [0.05, 0.1) is 0 Å². The molecule has 0 amide bonds. The van der Waals surface area contributed by atoms with Gasteiger partial charge in [-0.05, 0) is 32.1 Å². The third-order valence-corrected chi connectivity index (χ3v) is 5.71. The Balaban J connectivity index is 1.93. The molecule has 0 aromatic heterocycles. The van der Waals surface area contributed by atoms with Crippen LogP contribution in [0, 0.1) is 5.92 Å². The predicted octanol–water partition coefficient (Wildman–Crippen LogP) is 3.44. The van der Waals surface area contributed by atoms with Crippen LogP contribution in [-0.4, -0.2) is 49.3 Å². The number of rotatable bonds is 7. The third-order valence-electron chi connectivity index (χ3n) is 5.71. The molecule has 2 aliphatic rings. The topological polar surface area (TPSA) is 24.5 Å². The van der Waals surface area contributed by atoms with Crippen LogP contribution in [-0.2, 0) is 4.74 Å². The number of nitrogens with one attached hydrogen (secondary N) is 1. The number of piperazine rings is 1. The zero-order valence-corrected chi connectivity index (χ0v) is 14.5. The van der Waals surface area contributed by atoms with Crippen molar-refractivity contribution >= 4 is 0 Å². The van der Waals surface area contributed by atoms with Gasteiger partial charge in [0.15, 0.2) is 0 Å². The van der Waals surface area contributed by atoms with Crippen LogP contribution in [0.4, 0.5) is 0 Å². The fraction of sp³-hybridized carbons (Fsp3) is 1.00. The predicted molar refractivity (Wildman–Crippen MR) is 89.7 cm³/mol. The molecule has 124 valence electrons. The lowest BCUT2D eigenvalue weighted by atomic mass is 9.78. The lowest BCUT2D eigenvalue weighted by molar-refractivity contribution is 0.0250. The molecule has 1 aliphatic carbocycles. The van der Waals surface area contributed by atoms with E-state index in [0.717, 1.165) is 19.1 Å². The van der Waals surface area contributed by atoms with E-state index in [0.29, 0.717) is 11.6 Å². The number of nitrogens with zero attached hydrogens (tertiary/aromatic N) is 1. The first-order valence-corrected chi connectivity index (χ1v) is 9.27. The van der Waals surface area contributed by atoms with Gasteiger partial charge in [-0.3, -0.25) is 4.90 Å². The Morgan fingerprint density at radius 1 is 1.24 bits per heavy atom. The highest BCUT2D eigenvalue weighted by Gasteiger charge is 2.40.